The fraction of sp³-hybridized carbons (Fsp3) is 0.538. The molecule has 34 heavy (non-hydrogen) atoms. The van der Waals surface area contributed by atoms with Crippen molar-refractivity contribution in [2.24, 2.45) is 17.8 Å². The predicted octanol–water partition coefficient (Wildman–Crippen LogP) is 3.56. The number of halogens is 1. The number of hydrogen-bond donors (Lipinski definition) is 3. The first-order valence-corrected chi connectivity index (χ1v) is 12.1. The van der Waals surface area contributed by atoms with Gasteiger partial charge in [0.2, 0.25) is 11.8 Å². The number of amides is 2. The molecule has 0 bridgehead atoms. The first kappa shape index (κ1) is 26.4. The number of aliphatic hydroxyl groups excluding tert-OH is 2. The first-order valence-electron chi connectivity index (χ1n) is 11.7. The Labute approximate surface area is 205 Å². The van der Waals surface area contributed by atoms with Crippen LogP contribution in [0.3, 0.4) is 0 Å². The van der Waals surface area contributed by atoms with E-state index in [1.807, 2.05) is 19.9 Å². The molecule has 1 heterocycles. The fourth-order valence-electron chi connectivity index (χ4n) is 5.27. The van der Waals surface area contributed by atoms with Gasteiger partial charge in [0.1, 0.15) is 5.75 Å². The van der Waals surface area contributed by atoms with Crippen molar-refractivity contribution in [2.75, 3.05) is 26.9 Å². The summed E-state index contributed by atoms with van der Waals surface area (Å²) < 4.78 is 5.36. The maximum absolute atomic E-state index is 13.1. The highest BCUT2D eigenvalue weighted by Gasteiger charge is 2.54. The summed E-state index contributed by atoms with van der Waals surface area (Å²) in [6.45, 7) is 4.13. The largest absolute Gasteiger partial charge is 0.508 e. The van der Waals surface area contributed by atoms with Gasteiger partial charge in [-0.05, 0) is 67.5 Å². The number of fused-ring (bicyclic) bond motifs is 1. The number of allylic oxidation sites excluding steroid dienone is 1. The van der Waals surface area contributed by atoms with Crippen molar-refractivity contribution in [2.45, 2.75) is 45.6 Å². The number of carbonyl (C=O) groups is 2. The number of phenolic OH excluding ortho intramolecular Hbond substituents is 1. The van der Waals surface area contributed by atoms with Crippen molar-refractivity contribution in [1.29, 1.82) is 0 Å². The van der Waals surface area contributed by atoms with Crippen LogP contribution >= 0.6 is 11.6 Å². The Balaban J connectivity index is 1.83. The number of benzene rings is 1. The van der Waals surface area contributed by atoms with E-state index < -0.39 is 23.9 Å². The molecule has 3 N–H and O–H groups in total. The monoisotopic (exact) mass is 491 g/mol. The van der Waals surface area contributed by atoms with Crippen LogP contribution < -0.4 is 0 Å². The average Bonchev–Trinajstić information content (AvgIpc) is 3.03. The van der Waals surface area contributed by atoms with Crippen molar-refractivity contribution in [3.63, 3.8) is 0 Å². The van der Waals surface area contributed by atoms with Crippen LogP contribution in [0.25, 0.3) is 6.08 Å². The van der Waals surface area contributed by atoms with Gasteiger partial charge in [-0.25, -0.2) is 0 Å². The molecule has 1 aromatic rings. The van der Waals surface area contributed by atoms with Crippen molar-refractivity contribution in [1.82, 2.24) is 4.90 Å². The molecule has 1 fully saturated rings. The molecular weight excluding hydrogens is 458 g/mol. The summed E-state index contributed by atoms with van der Waals surface area (Å²) in [6.07, 6.45) is 2.99. The maximum Gasteiger partial charge on any atom is 0.233 e. The van der Waals surface area contributed by atoms with Gasteiger partial charge in [0.25, 0.3) is 0 Å². The second kappa shape index (κ2) is 11.5. The number of nitrogens with zero attached hydrogens (tertiary/aromatic N) is 1. The topological polar surface area (TPSA) is 107 Å². The van der Waals surface area contributed by atoms with E-state index >= 15 is 0 Å². The predicted molar refractivity (Wildman–Crippen MR) is 130 cm³/mol. The Morgan fingerprint density at radius 1 is 1.32 bits per heavy atom. The van der Waals surface area contributed by atoms with Gasteiger partial charge >= 0.3 is 0 Å². The van der Waals surface area contributed by atoms with Crippen molar-refractivity contribution < 1.29 is 29.6 Å². The SMILES string of the molecule is CCCN1C(=O)[C@@H]2[C@@H](CC(COC)=C([C@H](O)CC/C(C)=C/c3ccc(O)cc3Cl)[C@@H]2CO)C1=O. The molecule has 0 unspecified atom stereocenters. The highest BCUT2D eigenvalue weighted by atomic mass is 35.5. The lowest BCUT2D eigenvalue weighted by atomic mass is 9.68. The highest BCUT2D eigenvalue weighted by molar-refractivity contribution is 6.32. The molecule has 1 aromatic carbocycles. The molecule has 1 aliphatic heterocycles. The van der Waals surface area contributed by atoms with Crippen molar-refractivity contribution in [3.8, 4) is 5.75 Å². The van der Waals surface area contributed by atoms with Gasteiger partial charge in [0.15, 0.2) is 0 Å². The van der Waals surface area contributed by atoms with Gasteiger partial charge in [-0.1, -0.05) is 30.2 Å². The lowest BCUT2D eigenvalue weighted by molar-refractivity contribution is -0.140. The lowest BCUT2D eigenvalue weighted by Crippen LogP contribution is -2.39. The zero-order chi connectivity index (χ0) is 25.0. The zero-order valence-corrected chi connectivity index (χ0v) is 20.7. The van der Waals surface area contributed by atoms with Gasteiger partial charge < -0.3 is 20.1 Å². The second-order valence-electron chi connectivity index (χ2n) is 9.20. The van der Waals surface area contributed by atoms with E-state index in [1.165, 1.54) is 11.0 Å². The molecule has 3 rings (SSSR count). The summed E-state index contributed by atoms with van der Waals surface area (Å²) in [6, 6.07) is 4.77. The molecular formula is C26H34ClNO6. The number of phenols is 1. The van der Waals surface area contributed by atoms with E-state index in [9.17, 15) is 24.9 Å². The summed E-state index contributed by atoms with van der Waals surface area (Å²) in [7, 11) is 1.55. The van der Waals surface area contributed by atoms with E-state index in [0.29, 0.717) is 42.8 Å². The van der Waals surface area contributed by atoms with Gasteiger partial charge in [0, 0.05) is 19.6 Å². The number of hydrogen-bond acceptors (Lipinski definition) is 6. The minimum absolute atomic E-state index is 0.0935. The highest BCUT2D eigenvalue weighted by Crippen LogP contribution is 2.46. The molecule has 0 aromatic heterocycles. The van der Waals surface area contributed by atoms with Crippen molar-refractivity contribution in [3.05, 3.63) is 45.5 Å². The standard InChI is InChI=1S/C26H34ClNO6/c1-4-9-28-25(32)19-11-17(14-34-3)23(20(13-29)24(19)26(28)33)22(31)8-5-15(2)10-16-6-7-18(30)12-21(16)27/h6-7,10,12,19-20,22,24,29-31H,4-5,8-9,11,13-14H2,1-3H3/b15-10+/t19-,20+,22-,24-/m1/s1. The normalized spacial score (nSPS) is 24.1. The molecule has 7 nitrogen and oxygen atoms in total. The minimum Gasteiger partial charge on any atom is -0.508 e. The number of methoxy groups -OCH3 is 1. The molecule has 0 radical (unpaired) electrons. The van der Waals surface area contributed by atoms with Gasteiger partial charge in [-0.15, -0.1) is 0 Å². The molecule has 0 spiro atoms. The van der Waals surface area contributed by atoms with E-state index in [-0.39, 0.29) is 30.8 Å². The molecule has 186 valence electrons. The third kappa shape index (κ3) is 5.38. The summed E-state index contributed by atoms with van der Waals surface area (Å²) in [5.74, 6) is -2.14. The molecule has 4 atom stereocenters. The van der Waals surface area contributed by atoms with Crippen LogP contribution in [-0.4, -0.2) is 65.0 Å². The maximum atomic E-state index is 13.1. The number of likely N-dealkylation sites (tertiary alicyclic amines) is 1. The summed E-state index contributed by atoms with van der Waals surface area (Å²) >= 11 is 6.19. The van der Waals surface area contributed by atoms with E-state index in [2.05, 4.69) is 0 Å². The van der Waals surface area contributed by atoms with E-state index in [1.54, 1.807) is 19.2 Å². The summed E-state index contributed by atoms with van der Waals surface area (Å²) in [5, 5.41) is 31.4. The number of ether oxygens (including phenoxy) is 1. The summed E-state index contributed by atoms with van der Waals surface area (Å²) in [5.41, 5.74) is 3.17. The van der Waals surface area contributed by atoms with Crippen LogP contribution in [0.2, 0.25) is 5.02 Å². The molecule has 2 amide bonds. The molecule has 1 aliphatic carbocycles. The summed E-state index contributed by atoms with van der Waals surface area (Å²) in [4.78, 5) is 27.3. The Morgan fingerprint density at radius 2 is 2.06 bits per heavy atom. The quantitative estimate of drug-likeness (QED) is 0.341. The molecule has 1 saturated heterocycles. The molecule has 2 aliphatic rings. The number of imide groups is 1. The van der Waals surface area contributed by atoms with Crippen LogP contribution in [0, 0.1) is 17.8 Å². The second-order valence-corrected chi connectivity index (χ2v) is 9.60. The lowest BCUT2D eigenvalue weighted by Gasteiger charge is -2.36. The van der Waals surface area contributed by atoms with Crippen LogP contribution in [0.4, 0.5) is 0 Å². The average molecular weight is 492 g/mol. The van der Waals surface area contributed by atoms with Crippen LogP contribution in [0.15, 0.2) is 34.9 Å². The third-order valence-electron chi connectivity index (χ3n) is 6.79. The Kier molecular flexibility index (Phi) is 8.93. The first-order chi connectivity index (χ1) is 16.2. The molecule has 8 heteroatoms. The van der Waals surface area contributed by atoms with E-state index in [0.717, 1.165) is 16.7 Å². The Morgan fingerprint density at radius 3 is 2.68 bits per heavy atom. The molecule has 0 saturated carbocycles. The number of aliphatic hydroxyl groups is 2. The zero-order valence-electron chi connectivity index (χ0n) is 20.0. The fourth-order valence-corrected chi connectivity index (χ4v) is 5.50. The Hall–Kier alpha value is -2.19. The van der Waals surface area contributed by atoms with Crippen LogP contribution in [0.1, 0.15) is 45.1 Å². The van der Waals surface area contributed by atoms with Gasteiger partial charge in [0.05, 0.1) is 36.2 Å². The number of carbonyl (C=O) groups excluding carboxylic acids is 2. The van der Waals surface area contributed by atoms with Crippen LogP contribution in [0.5, 0.6) is 5.75 Å². The van der Waals surface area contributed by atoms with Gasteiger partial charge in [-0.2, -0.15) is 0 Å². The van der Waals surface area contributed by atoms with Gasteiger partial charge in [-0.3, -0.25) is 14.5 Å². The smallest absolute Gasteiger partial charge is 0.233 e. The van der Waals surface area contributed by atoms with E-state index in [4.69, 9.17) is 16.3 Å². The third-order valence-corrected chi connectivity index (χ3v) is 7.12. The number of aromatic hydroxyl groups is 1. The minimum atomic E-state index is -0.884. The van der Waals surface area contributed by atoms with Crippen LogP contribution in [-0.2, 0) is 14.3 Å². The Bertz CT molecular complexity index is 988. The van der Waals surface area contributed by atoms with Crippen molar-refractivity contribution >= 4 is 29.5 Å². The number of rotatable bonds is 10.